The van der Waals surface area contributed by atoms with Gasteiger partial charge in [-0.05, 0) is 11.8 Å². The van der Waals surface area contributed by atoms with Gasteiger partial charge in [-0.1, -0.05) is 19.9 Å². The predicted molar refractivity (Wildman–Crippen MR) is 52.8 cm³/mol. The maximum atomic E-state index is 3.87. The van der Waals surface area contributed by atoms with Gasteiger partial charge in [-0.3, -0.25) is 0 Å². The zero-order valence-electron chi connectivity index (χ0n) is 8.67. The second-order valence-corrected chi connectivity index (χ2v) is 4.62. The zero-order chi connectivity index (χ0) is 9.35. The minimum atomic E-state index is 0.434. The fourth-order valence-corrected chi connectivity index (χ4v) is 1.93. The van der Waals surface area contributed by atoms with Crippen LogP contribution < -0.4 is 0 Å². The van der Waals surface area contributed by atoms with Crippen LogP contribution in [0, 0.1) is 5.41 Å². The van der Waals surface area contributed by atoms with E-state index in [1.54, 1.807) is 0 Å². The van der Waals surface area contributed by atoms with Crippen LogP contribution >= 0.6 is 0 Å². The molecule has 1 aliphatic rings. The van der Waals surface area contributed by atoms with E-state index in [0.717, 1.165) is 6.54 Å². The molecule has 2 heteroatoms. The fourth-order valence-electron chi connectivity index (χ4n) is 1.93. The van der Waals surface area contributed by atoms with Gasteiger partial charge in [-0.2, -0.15) is 0 Å². The molecule has 0 bridgehead atoms. The summed E-state index contributed by atoms with van der Waals surface area (Å²) in [6.07, 6.45) is 3.27. The average molecular weight is 168 g/mol. The summed E-state index contributed by atoms with van der Waals surface area (Å²) in [5.41, 5.74) is 0.434. The fraction of sp³-hybridized carbons (Fsp3) is 0.800. The van der Waals surface area contributed by atoms with Crippen LogP contribution in [0.3, 0.4) is 0 Å². The quantitative estimate of drug-likeness (QED) is 0.580. The van der Waals surface area contributed by atoms with E-state index < -0.39 is 0 Å². The first-order valence-electron chi connectivity index (χ1n) is 4.53. The van der Waals surface area contributed by atoms with E-state index in [1.165, 1.54) is 6.42 Å². The van der Waals surface area contributed by atoms with Crippen LogP contribution in [-0.2, 0) is 0 Å². The van der Waals surface area contributed by atoms with E-state index in [4.69, 9.17) is 0 Å². The van der Waals surface area contributed by atoms with Gasteiger partial charge in [0.25, 0.3) is 0 Å². The lowest BCUT2D eigenvalue weighted by molar-refractivity contribution is 0.0209. The SMILES string of the molecule is C=CC1CC(C)(C)CN1N(C)C. The van der Waals surface area contributed by atoms with Crippen LogP contribution in [0.1, 0.15) is 20.3 Å². The minimum absolute atomic E-state index is 0.434. The number of hydrogen-bond acceptors (Lipinski definition) is 2. The Balaban J connectivity index is 2.69. The van der Waals surface area contributed by atoms with Crippen LogP contribution in [0.25, 0.3) is 0 Å². The third-order valence-corrected chi connectivity index (χ3v) is 2.52. The summed E-state index contributed by atoms with van der Waals surface area (Å²) >= 11 is 0. The maximum Gasteiger partial charge on any atom is 0.0428 e. The van der Waals surface area contributed by atoms with Crippen LogP contribution in [0.2, 0.25) is 0 Å². The largest absolute Gasteiger partial charge is 0.247 e. The molecule has 1 heterocycles. The molecule has 1 unspecified atom stereocenters. The van der Waals surface area contributed by atoms with Crippen molar-refractivity contribution in [3.05, 3.63) is 12.7 Å². The highest BCUT2D eigenvalue weighted by Crippen LogP contribution is 2.34. The highest BCUT2D eigenvalue weighted by Gasteiger charge is 2.36. The molecule has 0 amide bonds. The Morgan fingerprint density at radius 2 is 2.08 bits per heavy atom. The molecule has 70 valence electrons. The summed E-state index contributed by atoms with van der Waals surface area (Å²) in [4.78, 5) is 0. The van der Waals surface area contributed by atoms with E-state index in [2.05, 4.69) is 50.6 Å². The lowest BCUT2D eigenvalue weighted by Gasteiger charge is -2.29. The van der Waals surface area contributed by atoms with Crippen LogP contribution in [0.5, 0.6) is 0 Å². The molecule has 1 rings (SSSR count). The Morgan fingerprint density at radius 3 is 2.42 bits per heavy atom. The number of nitrogens with zero attached hydrogens (tertiary/aromatic N) is 2. The summed E-state index contributed by atoms with van der Waals surface area (Å²) in [5, 5.41) is 4.54. The Hall–Kier alpha value is -0.340. The van der Waals surface area contributed by atoms with Gasteiger partial charge in [0.15, 0.2) is 0 Å². The standard InChI is InChI=1S/C10H20N2/c1-6-9-7-10(2,3)8-12(9)11(4)5/h6,9H,1,7-8H2,2-5H3. The third-order valence-electron chi connectivity index (χ3n) is 2.52. The monoisotopic (exact) mass is 168 g/mol. The van der Waals surface area contributed by atoms with E-state index in [1.807, 2.05) is 0 Å². The van der Waals surface area contributed by atoms with Crippen molar-refractivity contribution in [2.24, 2.45) is 5.41 Å². The van der Waals surface area contributed by atoms with Crippen molar-refractivity contribution >= 4 is 0 Å². The second kappa shape index (κ2) is 3.19. The molecule has 0 aromatic carbocycles. The molecule has 2 nitrogen and oxygen atoms in total. The molecule has 0 radical (unpaired) electrons. The van der Waals surface area contributed by atoms with Gasteiger partial charge in [0, 0.05) is 26.7 Å². The van der Waals surface area contributed by atoms with Gasteiger partial charge in [0.05, 0.1) is 0 Å². The van der Waals surface area contributed by atoms with Crippen molar-refractivity contribution in [2.45, 2.75) is 26.3 Å². The summed E-state index contributed by atoms with van der Waals surface area (Å²) < 4.78 is 0. The molecule has 1 atom stereocenters. The molecular weight excluding hydrogens is 148 g/mol. The predicted octanol–water partition coefficient (Wildman–Crippen LogP) is 1.75. The lowest BCUT2D eigenvalue weighted by atomic mass is 9.91. The van der Waals surface area contributed by atoms with Gasteiger partial charge in [0.2, 0.25) is 0 Å². The van der Waals surface area contributed by atoms with Gasteiger partial charge in [-0.25, -0.2) is 10.0 Å². The number of rotatable bonds is 2. The van der Waals surface area contributed by atoms with Gasteiger partial charge in [0.1, 0.15) is 0 Å². The van der Waals surface area contributed by atoms with E-state index in [-0.39, 0.29) is 0 Å². The summed E-state index contributed by atoms with van der Waals surface area (Å²) in [7, 11) is 4.19. The van der Waals surface area contributed by atoms with Gasteiger partial charge in [-0.15, -0.1) is 6.58 Å². The molecule has 1 aliphatic heterocycles. The molecule has 0 saturated carbocycles. The highest BCUT2D eigenvalue weighted by molar-refractivity contribution is 4.97. The summed E-state index contributed by atoms with van der Waals surface area (Å²) in [6, 6.07) is 0.523. The lowest BCUT2D eigenvalue weighted by Crippen LogP contribution is -2.40. The first kappa shape index (κ1) is 9.75. The van der Waals surface area contributed by atoms with Crippen molar-refractivity contribution in [3.8, 4) is 0 Å². The van der Waals surface area contributed by atoms with E-state index >= 15 is 0 Å². The number of hydrazine groups is 1. The third kappa shape index (κ3) is 1.87. The molecule has 0 aliphatic carbocycles. The molecule has 0 N–H and O–H groups in total. The molecule has 0 spiro atoms. The smallest absolute Gasteiger partial charge is 0.0428 e. The Bertz CT molecular complexity index is 173. The number of hydrogen-bond donors (Lipinski definition) is 0. The van der Waals surface area contributed by atoms with E-state index in [9.17, 15) is 0 Å². The summed E-state index contributed by atoms with van der Waals surface area (Å²) in [5.74, 6) is 0. The Kier molecular flexibility index (Phi) is 2.59. The highest BCUT2D eigenvalue weighted by atomic mass is 15.6. The molecule has 0 aromatic heterocycles. The zero-order valence-corrected chi connectivity index (χ0v) is 8.67. The first-order chi connectivity index (χ1) is 5.46. The van der Waals surface area contributed by atoms with Crippen LogP contribution in [0.15, 0.2) is 12.7 Å². The molecule has 1 saturated heterocycles. The molecule has 0 aromatic rings. The maximum absolute atomic E-state index is 3.87. The minimum Gasteiger partial charge on any atom is -0.247 e. The van der Waals surface area contributed by atoms with E-state index in [0.29, 0.717) is 11.5 Å². The normalized spacial score (nSPS) is 29.6. The molecular formula is C10H20N2. The topological polar surface area (TPSA) is 6.48 Å². The Morgan fingerprint density at radius 1 is 1.50 bits per heavy atom. The van der Waals surface area contributed by atoms with Gasteiger partial charge >= 0.3 is 0 Å². The Labute approximate surface area is 75.8 Å². The average Bonchev–Trinajstić information content (AvgIpc) is 2.25. The first-order valence-corrected chi connectivity index (χ1v) is 4.53. The summed E-state index contributed by atoms with van der Waals surface area (Å²) in [6.45, 7) is 9.63. The van der Waals surface area contributed by atoms with Crippen molar-refractivity contribution < 1.29 is 0 Å². The molecule has 1 fully saturated rings. The van der Waals surface area contributed by atoms with Crippen molar-refractivity contribution in [1.82, 2.24) is 10.0 Å². The van der Waals surface area contributed by atoms with Crippen molar-refractivity contribution in [1.29, 1.82) is 0 Å². The second-order valence-electron chi connectivity index (χ2n) is 4.62. The van der Waals surface area contributed by atoms with Crippen LogP contribution in [0.4, 0.5) is 0 Å². The van der Waals surface area contributed by atoms with Crippen molar-refractivity contribution in [3.63, 3.8) is 0 Å². The van der Waals surface area contributed by atoms with Gasteiger partial charge < -0.3 is 0 Å². The molecule has 12 heavy (non-hydrogen) atoms. The van der Waals surface area contributed by atoms with Crippen molar-refractivity contribution in [2.75, 3.05) is 20.6 Å². The van der Waals surface area contributed by atoms with Crippen LogP contribution in [-0.4, -0.2) is 36.7 Å².